The van der Waals surface area contributed by atoms with Gasteiger partial charge < -0.3 is 18.2 Å². The molecule has 0 amide bonds. The van der Waals surface area contributed by atoms with E-state index in [1.165, 1.54) is 0 Å². The van der Waals surface area contributed by atoms with Crippen LogP contribution in [0.3, 0.4) is 0 Å². The van der Waals surface area contributed by atoms with Gasteiger partial charge in [0.15, 0.2) is 41.2 Å². The fourth-order valence-electron chi connectivity index (χ4n) is 0. The Bertz CT molecular complexity index is 486. The van der Waals surface area contributed by atoms with Crippen molar-refractivity contribution in [2.75, 3.05) is 0 Å². The molecule has 16 nitrogen and oxygen atoms in total. The first-order valence-corrected chi connectivity index (χ1v) is 8.83. The zero-order valence-corrected chi connectivity index (χ0v) is 15.4. The zero-order valence-electron chi connectivity index (χ0n) is 9.25. The molecular weight excluding hydrogens is 560 g/mol. The Balaban J connectivity index is -0.0000000533. The van der Waals surface area contributed by atoms with Crippen LogP contribution in [0, 0.1) is 0 Å². The van der Waals surface area contributed by atoms with Crippen LogP contribution < -0.4 is 20.6 Å². The van der Waals surface area contributed by atoms with Crippen LogP contribution in [0.1, 0.15) is 0 Å². The third-order valence-corrected chi connectivity index (χ3v) is 0. The van der Waals surface area contributed by atoms with Gasteiger partial charge in [-0.15, -0.1) is 0 Å². The minimum Gasteiger partial charge on any atom is -0.736 e. The van der Waals surface area contributed by atoms with E-state index >= 15 is 0 Å². The van der Waals surface area contributed by atoms with Crippen molar-refractivity contribution in [2.45, 2.75) is 0 Å². The van der Waals surface area contributed by atoms with Gasteiger partial charge in [0, 0.05) is 21.1 Å². The Morgan fingerprint density at radius 2 is 0.429 bits per heavy atom. The van der Waals surface area contributed by atoms with Crippen LogP contribution in [0.25, 0.3) is 0 Å². The van der Waals surface area contributed by atoms with Crippen molar-refractivity contribution in [3.63, 3.8) is 0 Å². The largest absolute Gasteiger partial charge is 0.736 e. The molecule has 0 aliphatic carbocycles. The van der Waals surface area contributed by atoms with Gasteiger partial charge >= 0.3 is 0 Å². The molecule has 0 heterocycles. The van der Waals surface area contributed by atoms with Crippen molar-refractivity contribution in [1.29, 1.82) is 0 Å². The van der Waals surface area contributed by atoms with Crippen LogP contribution in [0.4, 0.5) is 0 Å². The second kappa shape index (κ2) is 12.7. The summed E-state index contributed by atoms with van der Waals surface area (Å²) < 4.78 is 106. The van der Waals surface area contributed by atoms with E-state index in [1.807, 2.05) is 0 Å². The summed E-state index contributed by atoms with van der Waals surface area (Å²) in [7, 11) is -17.7. The summed E-state index contributed by atoms with van der Waals surface area (Å²) in [6.07, 6.45) is 0. The predicted molar refractivity (Wildman–Crippen MR) is 55.5 cm³/mol. The maximum absolute atomic E-state index is 8.85. The molecule has 0 aliphatic rings. The van der Waals surface area contributed by atoms with Gasteiger partial charge in [-0.3, -0.25) is 0 Å². The van der Waals surface area contributed by atoms with Crippen molar-refractivity contribution in [3.05, 3.63) is 0 Å². The SMILES string of the molecule is NS(=O)(=O)[O-].NS(=O)(=O)[O-].NS(=O)(=O)[O-].NS(=O)(=O)[O-].[W]. The van der Waals surface area contributed by atoms with E-state index in [2.05, 4.69) is 20.6 Å². The van der Waals surface area contributed by atoms with Gasteiger partial charge in [0.05, 0.1) is 0 Å². The first-order valence-electron chi connectivity index (χ1n) is 2.94. The van der Waals surface area contributed by atoms with Gasteiger partial charge in [-0.1, -0.05) is 0 Å². The molecule has 0 saturated heterocycles. The summed E-state index contributed by atoms with van der Waals surface area (Å²) >= 11 is 0. The average molecular weight is 568 g/mol. The number of rotatable bonds is 0. The molecule has 0 aromatic rings. The zero-order chi connectivity index (χ0) is 18.0. The quantitative estimate of drug-likeness (QED) is 0.198. The fourth-order valence-corrected chi connectivity index (χ4v) is 0. The van der Waals surface area contributed by atoms with E-state index in [4.69, 9.17) is 51.9 Å². The van der Waals surface area contributed by atoms with Crippen LogP contribution in [0.15, 0.2) is 0 Å². The number of hydrogen-bond acceptors (Lipinski definition) is 12. The summed E-state index contributed by atoms with van der Waals surface area (Å²) in [5.74, 6) is 0. The Labute approximate surface area is 134 Å². The molecule has 0 saturated carbocycles. The van der Waals surface area contributed by atoms with Crippen molar-refractivity contribution in [3.8, 4) is 0 Å². The van der Waals surface area contributed by atoms with E-state index in [-0.39, 0.29) is 21.1 Å². The van der Waals surface area contributed by atoms with Crippen LogP contribution in [0.5, 0.6) is 0 Å². The number of nitrogens with two attached hydrogens (primary N) is 4. The minimum absolute atomic E-state index is 0. The van der Waals surface area contributed by atoms with Crippen LogP contribution in [-0.2, 0) is 62.3 Å². The van der Waals surface area contributed by atoms with Gasteiger partial charge in [0.2, 0.25) is 0 Å². The Hall–Kier alpha value is 0.168. The second-order valence-corrected chi connectivity index (χ2v) is 5.91. The molecule has 0 atom stereocenters. The maximum atomic E-state index is 8.85. The predicted octanol–water partition coefficient (Wildman–Crippen LogP) is -6.38. The topological polar surface area (TPSA) is 333 Å². The van der Waals surface area contributed by atoms with Gasteiger partial charge in [-0.2, -0.15) is 0 Å². The summed E-state index contributed by atoms with van der Waals surface area (Å²) in [5.41, 5.74) is 0. The number of hydrogen-bond donors (Lipinski definition) is 4. The van der Waals surface area contributed by atoms with E-state index in [0.717, 1.165) is 0 Å². The molecule has 0 fully saturated rings. The summed E-state index contributed by atoms with van der Waals surface area (Å²) in [6, 6.07) is 0. The maximum Gasteiger partial charge on any atom is 0.156 e. The van der Waals surface area contributed by atoms with Crippen molar-refractivity contribution >= 4 is 41.2 Å². The molecule has 21 heteroatoms. The van der Waals surface area contributed by atoms with Crippen molar-refractivity contribution in [1.82, 2.24) is 0 Å². The molecule has 0 spiro atoms. The molecule has 8 N–H and O–H groups in total. The first kappa shape index (κ1) is 32.9. The van der Waals surface area contributed by atoms with E-state index in [1.54, 1.807) is 0 Å². The van der Waals surface area contributed by atoms with Crippen LogP contribution >= 0.6 is 0 Å². The van der Waals surface area contributed by atoms with Gasteiger partial charge in [-0.05, 0) is 0 Å². The standard InChI is InChI=1S/4H3NO3S.W/c4*1-5(2,3)4;/h4*(H3,1,2,3,4);/p-4. The monoisotopic (exact) mass is 568 g/mol. The molecule has 0 aliphatic heterocycles. The molecule has 0 aromatic carbocycles. The van der Waals surface area contributed by atoms with Crippen molar-refractivity contribution in [2.24, 2.45) is 20.6 Å². The second-order valence-electron chi connectivity index (χ2n) is 1.97. The molecule has 0 rings (SSSR count). The first-order chi connectivity index (χ1) is 8.00. The Morgan fingerprint density at radius 3 is 0.429 bits per heavy atom. The average Bonchev–Trinajstić information content (AvgIpc) is 1.62. The normalized spacial score (nSPS) is 11.0. The van der Waals surface area contributed by atoms with E-state index < -0.39 is 41.2 Å². The third kappa shape index (κ3) is 235000. The Kier molecular flexibility index (Phi) is 19.9. The van der Waals surface area contributed by atoms with Crippen molar-refractivity contribution < 1.29 is 72.9 Å². The molecule has 0 bridgehead atoms. The van der Waals surface area contributed by atoms with Crippen LogP contribution in [-0.4, -0.2) is 51.9 Å². The third-order valence-electron chi connectivity index (χ3n) is 0. The molecule has 0 aromatic heterocycles. The summed E-state index contributed by atoms with van der Waals surface area (Å²) in [6.45, 7) is 0. The molecule has 21 heavy (non-hydrogen) atoms. The summed E-state index contributed by atoms with van der Waals surface area (Å²) in [5, 5.41) is 15.1. The molecule has 0 radical (unpaired) electrons. The van der Waals surface area contributed by atoms with Gasteiger partial charge in [-0.25, -0.2) is 54.2 Å². The van der Waals surface area contributed by atoms with E-state index in [0.29, 0.717) is 0 Å². The fraction of sp³-hybridized carbons (Fsp3) is 0. The molecule has 0 unspecified atom stereocenters. The minimum atomic E-state index is -4.42. The summed E-state index contributed by atoms with van der Waals surface area (Å²) in [4.78, 5) is 0. The van der Waals surface area contributed by atoms with E-state index in [9.17, 15) is 0 Å². The molecular formula is H8N4O12S4W-4. The smallest absolute Gasteiger partial charge is 0.156 e. The van der Waals surface area contributed by atoms with Gasteiger partial charge in [0.25, 0.3) is 0 Å². The van der Waals surface area contributed by atoms with Gasteiger partial charge in [0.1, 0.15) is 0 Å². The molecule has 134 valence electrons. The Morgan fingerprint density at radius 1 is 0.429 bits per heavy atom. The van der Waals surface area contributed by atoms with Crippen LogP contribution in [0.2, 0.25) is 0 Å².